The molecule has 0 radical (unpaired) electrons. The fourth-order valence-corrected chi connectivity index (χ4v) is 5.42. The number of carbonyl (C=O) groups is 1. The van der Waals surface area contributed by atoms with E-state index < -0.39 is 0 Å². The molecule has 1 aliphatic rings. The number of ketones is 1. The molecular weight excluding hydrogens is 450 g/mol. The molecule has 0 aliphatic heterocycles. The molecule has 1 saturated carbocycles. The summed E-state index contributed by atoms with van der Waals surface area (Å²) >= 11 is 0. The van der Waals surface area contributed by atoms with Crippen LogP contribution in [0.4, 0.5) is 5.69 Å². The van der Waals surface area contributed by atoms with E-state index in [4.69, 9.17) is 4.98 Å². The van der Waals surface area contributed by atoms with Crippen molar-refractivity contribution < 1.29 is 9.90 Å². The van der Waals surface area contributed by atoms with E-state index in [9.17, 15) is 9.90 Å². The summed E-state index contributed by atoms with van der Waals surface area (Å²) in [5.74, 6) is 0.987. The molecular formula is C29H39N5O2. The Morgan fingerprint density at radius 1 is 1.08 bits per heavy atom. The Kier molecular flexibility index (Phi) is 7.91. The number of fused-ring (bicyclic) bond motifs is 1. The van der Waals surface area contributed by atoms with Gasteiger partial charge in [0.25, 0.3) is 0 Å². The van der Waals surface area contributed by atoms with Gasteiger partial charge in [-0.3, -0.25) is 19.6 Å². The van der Waals surface area contributed by atoms with Crippen molar-refractivity contribution in [1.29, 1.82) is 0 Å². The highest BCUT2D eigenvalue weighted by atomic mass is 16.3. The van der Waals surface area contributed by atoms with Gasteiger partial charge in [0.1, 0.15) is 11.3 Å². The van der Waals surface area contributed by atoms with Crippen molar-refractivity contribution in [2.75, 3.05) is 39.7 Å². The molecule has 0 atom stereocenters. The van der Waals surface area contributed by atoms with Gasteiger partial charge in [0.2, 0.25) is 0 Å². The highest BCUT2D eigenvalue weighted by Crippen LogP contribution is 2.34. The summed E-state index contributed by atoms with van der Waals surface area (Å²) in [6.45, 7) is 7.45. The summed E-state index contributed by atoms with van der Waals surface area (Å²) in [5.41, 5.74) is 6.21. The Labute approximate surface area is 214 Å². The Morgan fingerprint density at radius 3 is 2.36 bits per heavy atom. The van der Waals surface area contributed by atoms with E-state index in [1.54, 1.807) is 13.1 Å². The van der Waals surface area contributed by atoms with Gasteiger partial charge in [-0.1, -0.05) is 0 Å². The van der Waals surface area contributed by atoms with Gasteiger partial charge in [0.15, 0.2) is 5.78 Å². The largest absolute Gasteiger partial charge is 0.507 e. The molecule has 1 aromatic carbocycles. The van der Waals surface area contributed by atoms with Crippen LogP contribution in [0.2, 0.25) is 0 Å². The number of rotatable bonds is 8. The van der Waals surface area contributed by atoms with Gasteiger partial charge in [0.05, 0.1) is 22.5 Å². The minimum Gasteiger partial charge on any atom is -0.507 e. The number of aromatic nitrogens is 2. The van der Waals surface area contributed by atoms with Gasteiger partial charge in [-0.05, 0) is 109 Å². The summed E-state index contributed by atoms with van der Waals surface area (Å²) in [6, 6.07) is 8.10. The molecule has 3 aromatic rings. The predicted octanol–water partition coefficient (Wildman–Crippen LogP) is 5.24. The number of aryl methyl sites for hydroxylation is 2. The summed E-state index contributed by atoms with van der Waals surface area (Å²) in [5, 5.41) is 13.9. The molecule has 36 heavy (non-hydrogen) atoms. The molecule has 2 heterocycles. The van der Waals surface area contributed by atoms with E-state index in [2.05, 4.69) is 41.2 Å². The number of hydrogen-bond donors (Lipinski definition) is 2. The number of benzene rings is 1. The maximum atomic E-state index is 12.5. The normalized spacial score (nSPS) is 18.2. The third-order valence-electron chi connectivity index (χ3n) is 7.17. The van der Waals surface area contributed by atoms with Crippen LogP contribution in [0.3, 0.4) is 0 Å². The number of nitrogens with zero attached hydrogens (tertiary/aromatic N) is 4. The lowest BCUT2D eigenvalue weighted by Gasteiger charge is -2.33. The molecule has 192 valence electrons. The van der Waals surface area contributed by atoms with E-state index in [1.807, 2.05) is 38.1 Å². The molecule has 7 nitrogen and oxygen atoms in total. The molecule has 2 aromatic heterocycles. The third-order valence-corrected chi connectivity index (χ3v) is 7.17. The van der Waals surface area contributed by atoms with Crippen LogP contribution in [0.1, 0.15) is 54.1 Å². The molecule has 1 fully saturated rings. The monoisotopic (exact) mass is 489 g/mol. The van der Waals surface area contributed by atoms with Crippen molar-refractivity contribution >= 4 is 22.5 Å². The first kappa shape index (κ1) is 26.0. The van der Waals surface area contributed by atoms with Crippen LogP contribution < -0.4 is 5.32 Å². The fourth-order valence-electron chi connectivity index (χ4n) is 5.42. The average molecular weight is 490 g/mol. The van der Waals surface area contributed by atoms with E-state index in [-0.39, 0.29) is 5.78 Å². The first-order chi connectivity index (χ1) is 17.1. The summed E-state index contributed by atoms with van der Waals surface area (Å²) in [4.78, 5) is 26.7. The minimum absolute atomic E-state index is 0.0191. The Morgan fingerprint density at radius 2 is 1.75 bits per heavy atom. The third kappa shape index (κ3) is 5.85. The number of Topliss-reactive ketones (excluding diaryl/α,β-unsaturated/α-hetero) is 1. The van der Waals surface area contributed by atoms with E-state index in [1.165, 1.54) is 12.8 Å². The number of phenols is 1. The highest BCUT2D eigenvalue weighted by molar-refractivity contribution is 6.06. The van der Waals surface area contributed by atoms with E-state index in [0.29, 0.717) is 23.3 Å². The molecule has 2 N–H and O–H groups in total. The SMILES string of the molecule is CC(=O)c1cnc2ccc(-c3cc(C)c(O)c(C)c3)nc2c1NC1CCC(CN(C)CN(C)C)CC1. The number of hydrogen-bond acceptors (Lipinski definition) is 7. The maximum absolute atomic E-state index is 12.5. The van der Waals surface area contributed by atoms with Gasteiger partial charge in [-0.25, -0.2) is 4.98 Å². The number of carbonyl (C=O) groups excluding carboxylic acids is 1. The second-order valence-electron chi connectivity index (χ2n) is 10.7. The standard InChI is InChI=1S/C29H39N5O2/c1-18-13-22(14-19(2)29(18)36)25-11-12-26-28(32-25)27(24(15-30-26)20(3)35)31-23-9-7-21(8-10-23)16-34(6)17-33(4)5/h11-15,21,23,36H,7-10,16-17H2,1-6H3,(H,30,31). The fraction of sp³-hybridized carbons (Fsp3) is 0.483. The lowest BCUT2D eigenvalue weighted by atomic mass is 9.85. The van der Waals surface area contributed by atoms with Crippen LogP contribution in [0.5, 0.6) is 5.75 Å². The molecule has 0 spiro atoms. The predicted molar refractivity (Wildman–Crippen MR) is 147 cm³/mol. The van der Waals surface area contributed by atoms with Gasteiger partial charge in [-0.2, -0.15) is 0 Å². The molecule has 0 bridgehead atoms. The Balaban J connectivity index is 1.60. The number of anilines is 1. The zero-order valence-electron chi connectivity index (χ0n) is 22.4. The lowest BCUT2D eigenvalue weighted by molar-refractivity contribution is 0.101. The quantitative estimate of drug-likeness (QED) is 0.331. The average Bonchev–Trinajstić information content (AvgIpc) is 2.82. The number of nitrogens with one attached hydrogen (secondary N) is 1. The molecule has 1 aliphatic carbocycles. The minimum atomic E-state index is -0.0191. The van der Waals surface area contributed by atoms with Gasteiger partial charge in [0, 0.05) is 31.0 Å². The summed E-state index contributed by atoms with van der Waals surface area (Å²) in [6.07, 6.45) is 6.14. The number of pyridine rings is 2. The second kappa shape index (κ2) is 10.9. The van der Waals surface area contributed by atoms with Crippen molar-refractivity contribution in [2.24, 2.45) is 5.92 Å². The second-order valence-corrected chi connectivity index (χ2v) is 10.7. The van der Waals surface area contributed by atoms with Crippen molar-refractivity contribution in [2.45, 2.75) is 52.5 Å². The Hall–Kier alpha value is -3.03. The summed E-state index contributed by atoms with van der Waals surface area (Å²) < 4.78 is 0. The van der Waals surface area contributed by atoms with Crippen LogP contribution in [0, 0.1) is 19.8 Å². The summed E-state index contributed by atoms with van der Waals surface area (Å²) in [7, 11) is 6.39. The maximum Gasteiger partial charge on any atom is 0.163 e. The van der Waals surface area contributed by atoms with Crippen LogP contribution >= 0.6 is 0 Å². The van der Waals surface area contributed by atoms with Crippen LogP contribution in [-0.2, 0) is 0 Å². The molecule has 0 saturated heterocycles. The van der Waals surface area contributed by atoms with Crippen LogP contribution in [-0.4, -0.2) is 71.1 Å². The van der Waals surface area contributed by atoms with Crippen molar-refractivity contribution in [3.8, 4) is 17.0 Å². The zero-order valence-corrected chi connectivity index (χ0v) is 22.4. The molecule has 0 unspecified atom stereocenters. The number of phenolic OH excluding ortho intramolecular Hbond substituents is 1. The molecule has 7 heteroatoms. The van der Waals surface area contributed by atoms with Crippen LogP contribution in [0.15, 0.2) is 30.5 Å². The van der Waals surface area contributed by atoms with E-state index in [0.717, 1.165) is 65.2 Å². The highest BCUT2D eigenvalue weighted by Gasteiger charge is 2.25. The number of aromatic hydroxyl groups is 1. The van der Waals surface area contributed by atoms with Gasteiger partial charge < -0.3 is 10.4 Å². The first-order valence-electron chi connectivity index (χ1n) is 12.8. The van der Waals surface area contributed by atoms with Gasteiger partial charge in [-0.15, -0.1) is 0 Å². The Bertz CT molecular complexity index is 1220. The smallest absolute Gasteiger partial charge is 0.163 e. The lowest BCUT2D eigenvalue weighted by Crippen LogP contribution is -2.36. The topological polar surface area (TPSA) is 81.6 Å². The van der Waals surface area contributed by atoms with Crippen molar-refractivity contribution in [3.05, 3.63) is 47.2 Å². The van der Waals surface area contributed by atoms with Crippen molar-refractivity contribution in [1.82, 2.24) is 19.8 Å². The molecule has 0 amide bonds. The van der Waals surface area contributed by atoms with Gasteiger partial charge >= 0.3 is 0 Å². The zero-order chi connectivity index (χ0) is 26.0. The van der Waals surface area contributed by atoms with Crippen LogP contribution in [0.25, 0.3) is 22.3 Å². The van der Waals surface area contributed by atoms with Crippen molar-refractivity contribution in [3.63, 3.8) is 0 Å². The first-order valence-corrected chi connectivity index (χ1v) is 12.8. The van der Waals surface area contributed by atoms with E-state index >= 15 is 0 Å². The molecule has 4 rings (SSSR count).